The second-order valence-corrected chi connectivity index (χ2v) is 4.54. The molecule has 4 N–H and O–H groups in total. The third-order valence-electron chi connectivity index (χ3n) is 2.65. The number of rotatable bonds is 8. The Morgan fingerprint density at radius 3 is 2.40 bits per heavy atom. The van der Waals surface area contributed by atoms with Gasteiger partial charge >= 0.3 is 0 Å². The number of amides is 1. The van der Waals surface area contributed by atoms with Crippen molar-refractivity contribution in [1.29, 1.82) is 0 Å². The number of hydrogen-bond donors (Lipinski definition) is 2. The van der Waals surface area contributed by atoms with Gasteiger partial charge in [-0.2, -0.15) is 0 Å². The second-order valence-electron chi connectivity index (χ2n) is 4.54. The van der Waals surface area contributed by atoms with Gasteiger partial charge in [0.15, 0.2) is 0 Å². The van der Waals surface area contributed by atoms with E-state index >= 15 is 0 Å². The number of carbonyl (C=O) groups excluding carboxylic acids is 1. The largest absolute Gasteiger partial charge is 0.368 e. The van der Waals surface area contributed by atoms with Crippen molar-refractivity contribution in [3.8, 4) is 0 Å². The van der Waals surface area contributed by atoms with Crippen LogP contribution in [0.4, 0.5) is 0 Å². The van der Waals surface area contributed by atoms with Gasteiger partial charge in [-0.05, 0) is 52.7 Å². The van der Waals surface area contributed by atoms with E-state index in [1.54, 1.807) is 6.92 Å². The summed E-state index contributed by atoms with van der Waals surface area (Å²) in [5.41, 5.74) is 10.1. The molecule has 4 nitrogen and oxygen atoms in total. The zero-order chi connectivity index (χ0) is 11.9. The number of unbranched alkanes of at least 4 members (excludes halogenated alkanes) is 1. The van der Waals surface area contributed by atoms with Gasteiger partial charge in [-0.1, -0.05) is 6.92 Å². The molecule has 0 saturated heterocycles. The van der Waals surface area contributed by atoms with E-state index in [0.29, 0.717) is 6.42 Å². The smallest absolute Gasteiger partial charge is 0.237 e. The fraction of sp³-hybridized carbons (Fsp3) is 0.909. The molecule has 0 aromatic carbocycles. The van der Waals surface area contributed by atoms with Crippen LogP contribution in [0.3, 0.4) is 0 Å². The predicted octanol–water partition coefficient (Wildman–Crippen LogP) is 0.701. The third kappa shape index (κ3) is 6.47. The predicted molar refractivity (Wildman–Crippen MR) is 63.4 cm³/mol. The maximum atomic E-state index is 10.9. The Hall–Kier alpha value is -0.610. The van der Waals surface area contributed by atoms with Crippen molar-refractivity contribution in [1.82, 2.24) is 4.90 Å². The van der Waals surface area contributed by atoms with Crippen LogP contribution in [0.15, 0.2) is 0 Å². The molecule has 0 aliphatic carbocycles. The molecule has 1 atom stereocenters. The van der Waals surface area contributed by atoms with Crippen molar-refractivity contribution in [2.24, 2.45) is 11.5 Å². The lowest BCUT2D eigenvalue weighted by Crippen LogP contribution is -2.49. The summed E-state index contributed by atoms with van der Waals surface area (Å²) in [4.78, 5) is 13.2. The molecule has 0 radical (unpaired) electrons. The summed E-state index contributed by atoms with van der Waals surface area (Å²) in [5, 5.41) is 0. The molecule has 0 rings (SSSR count). The van der Waals surface area contributed by atoms with Crippen LogP contribution in [-0.4, -0.2) is 36.5 Å². The van der Waals surface area contributed by atoms with Gasteiger partial charge in [-0.3, -0.25) is 4.79 Å². The minimum absolute atomic E-state index is 0.413. The Balaban J connectivity index is 3.58. The first-order valence-electron chi connectivity index (χ1n) is 5.67. The van der Waals surface area contributed by atoms with Gasteiger partial charge in [0.2, 0.25) is 5.91 Å². The lowest BCUT2D eigenvalue weighted by molar-refractivity contribution is -0.122. The Morgan fingerprint density at radius 1 is 1.33 bits per heavy atom. The average Bonchev–Trinajstić information content (AvgIpc) is 2.13. The number of nitrogens with two attached hydrogens (primary N) is 2. The standard InChI is InChI=1S/C11H25N3O/c1-4-8-14(3)9-6-5-7-11(2,13)10(12)15/h4-9,13H2,1-3H3,(H2,12,15). The summed E-state index contributed by atoms with van der Waals surface area (Å²) in [6.45, 7) is 6.05. The van der Waals surface area contributed by atoms with Gasteiger partial charge in [0, 0.05) is 0 Å². The SMILES string of the molecule is CCCN(C)CCCCC(C)(N)C(N)=O. The highest BCUT2D eigenvalue weighted by molar-refractivity contribution is 5.83. The van der Waals surface area contributed by atoms with E-state index in [-0.39, 0.29) is 0 Å². The molecule has 90 valence electrons. The Kier molecular flexibility index (Phi) is 6.52. The Morgan fingerprint density at radius 2 is 1.93 bits per heavy atom. The van der Waals surface area contributed by atoms with Crippen LogP contribution >= 0.6 is 0 Å². The molecule has 0 aliphatic heterocycles. The molecular weight excluding hydrogens is 190 g/mol. The van der Waals surface area contributed by atoms with Gasteiger partial charge in [-0.25, -0.2) is 0 Å². The van der Waals surface area contributed by atoms with Crippen LogP contribution in [0, 0.1) is 0 Å². The van der Waals surface area contributed by atoms with Gasteiger partial charge in [-0.15, -0.1) is 0 Å². The molecule has 0 aromatic rings. The summed E-state index contributed by atoms with van der Waals surface area (Å²) >= 11 is 0. The minimum atomic E-state index is -0.844. The van der Waals surface area contributed by atoms with Crippen LogP contribution < -0.4 is 11.5 Å². The van der Waals surface area contributed by atoms with Crippen molar-refractivity contribution < 1.29 is 4.79 Å². The van der Waals surface area contributed by atoms with Gasteiger partial charge in [0.25, 0.3) is 0 Å². The maximum Gasteiger partial charge on any atom is 0.237 e. The Labute approximate surface area is 93.0 Å². The highest BCUT2D eigenvalue weighted by Gasteiger charge is 2.24. The van der Waals surface area contributed by atoms with Crippen molar-refractivity contribution >= 4 is 5.91 Å². The topological polar surface area (TPSA) is 72.3 Å². The summed E-state index contributed by atoms with van der Waals surface area (Å²) in [7, 11) is 2.11. The van der Waals surface area contributed by atoms with Crippen LogP contribution in [0.25, 0.3) is 0 Å². The average molecular weight is 215 g/mol. The van der Waals surface area contributed by atoms with Crippen LogP contribution in [0.5, 0.6) is 0 Å². The zero-order valence-electron chi connectivity index (χ0n) is 10.3. The van der Waals surface area contributed by atoms with Crippen LogP contribution in [0.2, 0.25) is 0 Å². The first-order chi connectivity index (χ1) is 6.90. The van der Waals surface area contributed by atoms with E-state index in [1.807, 2.05) is 0 Å². The normalized spacial score (nSPS) is 15.3. The lowest BCUT2D eigenvalue weighted by atomic mass is 9.95. The van der Waals surface area contributed by atoms with Crippen LogP contribution in [0.1, 0.15) is 39.5 Å². The van der Waals surface area contributed by atoms with E-state index in [2.05, 4.69) is 18.9 Å². The first kappa shape index (κ1) is 14.4. The molecular formula is C11H25N3O. The fourth-order valence-corrected chi connectivity index (χ4v) is 1.49. The van der Waals surface area contributed by atoms with E-state index in [9.17, 15) is 4.79 Å². The highest BCUT2D eigenvalue weighted by Crippen LogP contribution is 2.10. The fourth-order valence-electron chi connectivity index (χ4n) is 1.49. The molecule has 0 heterocycles. The molecule has 0 aliphatic rings. The number of nitrogens with zero attached hydrogens (tertiary/aromatic N) is 1. The molecule has 4 heteroatoms. The van der Waals surface area contributed by atoms with Crippen LogP contribution in [-0.2, 0) is 4.79 Å². The Bertz CT molecular complexity index is 192. The summed E-state index contributed by atoms with van der Waals surface area (Å²) in [5.74, 6) is -0.413. The van der Waals surface area contributed by atoms with E-state index in [0.717, 1.165) is 25.9 Å². The molecule has 15 heavy (non-hydrogen) atoms. The summed E-state index contributed by atoms with van der Waals surface area (Å²) < 4.78 is 0. The zero-order valence-corrected chi connectivity index (χ0v) is 10.3. The number of carbonyl (C=O) groups is 1. The summed E-state index contributed by atoms with van der Waals surface area (Å²) in [6, 6.07) is 0. The quantitative estimate of drug-likeness (QED) is 0.585. The monoisotopic (exact) mass is 215 g/mol. The summed E-state index contributed by atoms with van der Waals surface area (Å²) in [6.07, 6.45) is 3.86. The van der Waals surface area contributed by atoms with Gasteiger partial charge in [0.1, 0.15) is 0 Å². The molecule has 0 saturated carbocycles. The van der Waals surface area contributed by atoms with E-state index < -0.39 is 11.4 Å². The second kappa shape index (κ2) is 6.80. The van der Waals surface area contributed by atoms with Crippen molar-refractivity contribution in [3.05, 3.63) is 0 Å². The number of primary amides is 1. The van der Waals surface area contributed by atoms with Crippen molar-refractivity contribution in [2.45, 2.75) is 45.1 Å². The highest BCUT2D eigenvalue weighted by atomic mass is 16.1. The molecule has 1 amide bonds. The lowest BCUT2D eigenvalue weighted by Gasteiger charge is -2.21. The molecule has 1 unspecified atom stereocenters. The number of hydrogen-bond acceptors (Lipinski definition) is 3. The maximum absolute atomic E-state index is 10.9. The van der Waals surface area contributed by atoms with E-state index in [1.165, 1.54) is 6.42 Å². The molecule has 0 fully saturated rings. The first-order valence-corrected chi connectivity index (χ1v) is 5.67. The minimum Gasteiger partial charge on any atom is -0.368 e. The molecule has 0 aromatic heterocycles. The molecule has 0 bridgehead atoms. The third-order valence-corrected chi connectivity index (χ3v) is 2.65. The van der Waals surface area contributed by atoms with Crippen molar-refractivity contribution in [3.63, 3.8) is 0 Å². The van der Waals surface area contributed by atoms with Gasteiger partial charge in [0.05, 0.1) is 5.54 Å². The van der Waals surface area contributed by atoms with Gasteiger partial charge < -0.3 is 16.4 Å². The molecule has 0 spiro atoms. The van der Waals surface area contributed by atoms with Crippen molar-refractivity contribution in [2.75, 3.05) is 20.1 Å². The van der Waals surface area contributed by atoms with E-state index in [4.69, 9.17) is 11.5 Å².